The van der Waals surface area contributed by atoms with Gasteiger partial charge in [0, 0.05) is 30.1 Å². The largest absolute Gasteiger partial charge is 0.419 e. The van der Waals surface area contributed by atoms with Gasteiger partial charge in [-0.25, -0.2) is 4.79 Å². The molecule has 2 heterocycles. The maximum Gasteiger partial charge on any atom is 0.419 e. The number of nitrogens with one attached hydrogen (secondary N) is 1. The Morgan fingerprint density at radius 3 is 2.54 bits per heavy atom. The minimum Gasteiger partial charge on any atom is -0.408 e. The number of aromatic nitrogens is 3. The number of rotatable bonds is 4. The van der Waals surface area contributed by atoms with Gasteiger partial charge in [0.1, 0.15) is 0 Å². The number of benzene rings is 2. The van der Waals surface area contributed by atoms with E-state index in [2.05, 4.69) is 10.4 Å². The molecule has 0 aliphatic carbocycles. The molecule has 0 fully saturated rings. The molecule has 142 valence electrons. The van der Waals surface area contributed by atoms with Crippen LogP contribution in [0.4, 0.5) is 5.69 Å². The van der Waals surface area contributed by atoms with Crippen LogP contribution in [0, 0.1) is 13.8 Å². The van der Waals surface area contributed by atoms with E-state index in [0.29, 0.717) is 28.9 Å². The fourth-order valence-electron chi connectivity index (χ4n) is 3.18. The van der Waals surface area contributed by atoms with Crippen molar-refractivity contribution in [1.82, 2.24) is 14.3 Å². The van der Waals surface area contributed by atoms with Crippen LogP contribution >= 0.6 is 0 Å². The van der Waals surface area contributed by atoms with E-state index in [4.69, 9.17) is 4.42 Å². The zero-order chi connectivity index (χ0) is 19.8. The molecule has 0 aliphatic rings. The number of amides is 1. The van der Waals surface area contributed by atoms with E-state index in [9.17, 15) is 9.59 Å². The summed E-state index contributed by atoms with van der Waals surface area (Å²) in [7, 11) is 1.64. The van der Waals surface area contributed by atoms with Gasteiger partial charge in [-0.15, -0.1) is 0 Å². The Labute approximate surface area is 161 Å². The highest BCUT2D eigenvalue weighted by atomic mass is 16.4. The molecule has 0 bridgehead atoms. The van der Waals surface area contributed by atoms with Crippen molar-refractivity contribution in [3.8, 4) is 0 Å². The van der Waals surface area contributed by atoms with E-state index in [-0.39, 0.29) is 5.91 Å². The van der Waals surface area contributed by atoms with Crippen molar-refractivity contribution in [2.24, 2.45) is 7.05 Å². The number of carbonyl (C=O) groups is 1. The second-order valence-electron chi connectivity index (χ2n) is 6.85. The van der Waals surface area contributed by atoms with Crippen LogP contribution in [0.15, 0.2) is 57.7 Å². The number of fused-ring (bicyclic) bond motifs is 1. The maximum atomic E-state index is 12.5. The number of carbonyl (C=O) groups excluding carboxylic acids is 1. The summed E-state index contributed by atoms with van der Waals surface area (Å²) in [5.41, 5.74) is 5.38. The Balaban J connectivity index is 1.49. The van der Waals surface area contributed by atoms with Gasteiger partial charge in [0.2, 0.25) is 0 Å². The van der Waals surface area contributed by atoms with Crippen LogP contribution in [-0.4, -0.2) is 20.3 Å². The van der Waals surface area contributed by atoms with E-state index in [1.807, 2.05) is 36.7 Å². The average molecular weight is 376 g/mol. The van der Waals surface area contributed by atoms with Gasteiger partial charge in [-0.05, 0) is 49.7 Å². The average Bonchev–Trinajstić information content (AvgIpc) is 3.13. The fourth-order valence-corrected chi connectivity index (χ4v) is 3.18. The Bertz CT molecular complexity index is 1230. The normalized spacial score (nSPS) is 11.1. The molecule has 7 nitrogen and oxygen atoms in total. The van der Waals surface area contributed by atoms with Gasteiger partial charge in [0.15, 0.2) is 5.58 Å². The minimum atomic E-state index is -0.434. The van der Waals surface area contributed by atoms with E-state index in [1.54, 1.807) is 37.4 Å². The number of hydrogen-bond donors (Lipinski definition) is 1. The van der Waals surface area contributed by atoms with Gasteiger partial charge in [0.25, 0.3) is 5.91 Å². The molecule has 0 atom stereocenters. The first-order chi connectivity index (χ1) is 13.4. The van der Waals surface area contributed by atoms with Crippen LogP contribution in [0.1, 0.15) is 27.3 Å². The molecule has 28 heavy (non-hydrogen) atoms. The molecule has 0 aliphatic heterocycles. The molecule has 2 aromatic heterocycles. The first kappa shape index (κ1) is 17.8. The SMILES string of the molecule is Cc1cc(C)n(Cc2ccc(C(=O)Nc3ccc4c(c3)oc(=O)n4C)cc2)n1. The third kappa shape index (κ3) is 3.34. The number of hydrogen-bond acceptors (Lipinski definition) is 4. The highest BCUT2D eigenvalue weighted by molar-refractivity contribution is 6.04. The fraction of sp³-hybridized carbons (Fsp3) is 0.190. The summed E-state index contributed by atoms with van der Waals surface area (Å²) in [6.07, 6.45) is 0. The minimum absolute atomic E-state index is 0.227. The quantitative estimate of drug-likeness (QED) is 0.593. The third-order valence-electron chi connectivity index (χ3n) is 4.70. The zero-order valence-corrected chi connectivity index (χ0v) is 15.9. The smallest absolute Gasteiger partial charge is 0.408 e. The molecule has 4 rings (SSSR count). The summed E-state index contributed by atoms with van der Waals surface area (Å²) in [5.74, 6) is -0.660. The molecule has 0 saturated carbocycles. The molecule has 0 unspecified atom stereocenters. The lowest BCUT2D eigenvalue weighted by Gasteiger charge is -2.08. The van der Waals surface area contributed by atoms with Crippen LogP contribution in [0.3, 0.4) is 0 Å². The first-order valence-corrected chi connectivity index (χ1v) is 8.91. The van der Waals surface area contributed by atoms with Gasteiger partial charge in [-0.3, -0.25) is 14.0 Å². The van der Waals surface area contributed by atoms with Crippen molar-refractivity contribution in [1.29, 1.82) is 0 Å². The van der Waals surface area contributed by atoms with Crippen LogP contribution < -0.4 is 11.1 Å². The summed E-state index contributed by atoms with van der Waals surface area (Å²) < 4.78 is 8.52. The molecule has 0 radical (unpaired) electrons. The molecule has 1 amide bonds. The summed E-state index contributed by atoms with van der Waals surface area (Å²) in [6, 6.07) is 14.6. The van der Waals surface area contributed by atoms with Crippen molar-refractivity contribution < 1.29 is 9.21 Å². The summed E-state index contributed by atoms with van der Waals surface area (Å²) in [6.45, 7) is 4.65. The highest BCUT2D eigenvalue weighted by Gasteiger charge is 2.10. The Morgan fingerprint density at radius 2 is 1.86 bits per heavy atom. The number of aryl methyl sites for hydroxylation is 3. The topological polar surface area (TPSA) is 82.1 Å². The molecular weight excluding hydrogens is 356 g/mol. The van der Waals surface area contributed by atoms with E-state index < -0.39 is 5.76 Å². The van der Waals surface area contributed by atoms with Crippen LogP contribution in [0.25, 0.3) is 11.1 Å². The Kier molecular flexibility index (Phi) is 4.35. The zero-order valence-electron chi connectivity index (χ0n) is 15.9. The van der Waals surface area contributed by atoms with E-state index in [1.165, 1.54) is 4.57 Å². The maximum absolute atomic E-state index is 12.5. The second kappa shape index (κ2) is 6.84. The molecule has 2 aromatic carbocycles. The van der Waals surface area contributed by atoms with Gasteiger partial charge in [-0.2, -0.15) is 5.10 Å². The Hall–Kier alpha value is -3.61. The predicted octanol–water partition coefficient (Wildman–Crippen LogP) is 3.25. The van der Waals surface area contributed by atoms with Crippen molar-refractivity contribution in [2.45, 2.75) is 20.4 Å². The summed E-state index contributed by atoms with van der Waals surface area (Å²) in [5, 5.41) is 7.29. The lowest BCUT2D eigenvalue weighted by atomic mass is 10.1. The van der Waals surface area contributed by atoms with E-state index in [0.717, 1.165) is 17.0 Å². The standard InChI is InChI=1S/C21H20N4O3/c1-13-10-14(2)25(23-13)12-15-4-6-16(7-5-15)20(26)22-17-8-9-18-19(11-17)28-21(27)24(18)3/h4-11H,12H2,1-3H3,(H,22,26). The monoisotopic (exact) mass is 376 g/mol. The number of nitrogens with zero attached hydrogens (tertiary/aromatic N) is 3. The summed E-state index contributed by atoms with van der Waals surface area (Å²) >= 11 is 0. The van der Waals surface area contributed by atoms with Crippen LogP contribution in [0.5, 0.6) is 0 Å². The van der Waals surface area contributed by atoms with Crippen molar-refractivity contribution in [3.05, 3.63) is 81.6 Å². The molecule has 0 spiro atoms. The van der Waals surface area contributed by atoms with Crippen molar-refractivity contribution in [3.63, 3.8) is 0 Å². The molecule has 1 N–H and O–H groups in total. The van der Waals surface area contributed by atoms with Gasteiger partial charge in [0.05, 0.1) is 17.8 Å². The molecular formula is C21H20N4O3. The number of oxazole rings is 1. The number of anilines is 1. The van der Waals surface area contributed by atoms with E-state index >= 15 is 0 Å². The highest BCUT2D eigenvalue weighted by Crippen LogP contribution is 2.19. The van der Waals surface area contributed by atoms with Gasteiger partial charge in [-0.1, -0.05) is 12.1 Å². The Morgan fingerprint density at radius 1 is 1.11 bits per heavy atom. The van der Waals surface area contributed by atoms with Crippen LogP contribution in [-0.2, 0) is 13.6 Å². The van der Waals surface area contributed by atoms with Gasteiger partial charge < -0.3 is 9.73 Å². The second-order valence-corrected chi connectivity index (χ2v) is 6.85. The van der Waals surface area contributed by atoms with Crippen LogP contribution in [0.2, 0.25) is 0 Å². The van der Waals surface area contributed by atoms with Crippen molar-refractivity contribution >= 4 is 22.7 Å². The lowest BCUT2D eigenvalue weighted by molar-refractivity contribution is 0.102. The van der Waals surface area contributed by atoms with Gasteiger partial charge >= 0.3 is 5.76 Å². The molecule has 7 heteroatoms. The third-order valence-corrected chi connectivity index (χ3v) is 4.70. The predicted molar refractivity (Wildman–Crippen MR) is 107 cm³/mol. The first-order valence-electron chi connectivity index (χ1n) is 8.91. The van der Waals surface area contributed by atoms with Crippen molar-refractivity contribution in [2.75, 3.05) is 5.32 Å². The summed E-state index contributed by atoms with van der Waals surface area (Å²) in [4.78, 5) is 24.1. The molecule has 0 saturated heterocycles. The lowest BCUT2D eigenvalue weighted by Crippen LogP contribution is -2.12. The molecule has 4 aromatic rings.